The molecule has 0 bridgehead atoms. The Morgan fingerprint density at radius 1 is 1.30 bits per heavy atom. The monoisotopic (exact) mass is 369 g/mol. The Morgan fingerprint density at radius 3 is 2.74 bits per heavy atom. The molecule has 140 valence electrons. The molecule has 0 unspecified atom stereocenters. The minimum absolute atomic E-state index is 0.103. The number of aromatic nitrogens is 1. The van der Waals surface area contributed by atoms with Gasteiger partial charge in [-0.2, -0.15) is 0 Å². The largest absolute Gasteiger partial charge is 0.497 e. The molecule has 0 radical (unpaired) electrons. The van der Waals surface area contributed by atoms with Crippen molar-refractivity contribution in [2.45, 2.75) is 13.8 Å². The van der Waals surface area contributed by atoms with E-state index in [-0.39, 0.29) is 23.5 Å². The van der Waals surface area contributed by atoms with Gasteiger partial charge in [-0.25, -0.2) is 4.79 Å². The van der Waals surface area contributed by atoms with Crippen molar-refractivity contribution in [2.24, 2.45) is 0 Å². The molecule has 0 saturated heterocycles. The van der Waals surface area contributed by atoms with Crippen LogP contribution in [0.4, 0.5) is 17.1 Å². The second-order valence-electron chi connectivity index (χ2n) is 5.89. The minimum Gasteiger partial charge on any atom is -0.497 e. The van der Waals surface area contributed by atoms with Gasteiger partial charge >= 0.3 is 5.97 Å². The lowest BCUT2D eigenvalue weighted by atomic mass is 10.1. The molecule has 8 nitrogen and oxygen atoms in total. The summed E-state index contributed by atoms with van der Waals surface area (Å²) in [5, 5.41) is 15.3. The molecule has 1 heterocycles. The molecule has 8 heteroatoms. The van der Waals surface area contributed by atoms with E-state index in [0.717, 1.165) is 5.69 Å². The van der Waals surface area contributed by atoms with Crippen LogP contribution in [-0.2, 0) is 4.74 Å². The summed E-state index contributed by atoms with van der Waals surface area (Å²) in [6.07, 6.45) is 0. The number of non-ortho nitro benzene ring substituents is 1. The average Bonchev–Trinajstić information content (AvgIpc) is 3.09. The molecule has 3 aromatic rings. The Morgan fingerprint density at radius 2 is 2.07 bits per heavy atom. The van der Waals surface area contributed by atoms with Gasteiger partial charge in [-0.15, -0.1) is 0 Å². The summed E-state index contributed by atoms with van der Waals surface area (Å²) in [7, 11) is 1.58. The fourth-order valence-electron chi connectivity index (χ4n) is 2.89. The van der Waals surface area contributed by atoms with E-state index in [2.05, 4.69) is 10.3 Å². The molecule has 0 spiro atoms. The SMILES string of the molecule is CCOC(=O)c1cc2c(Nc3cccc(OC)c3)c(C)cc([N+](=O)[O-])c2[nH]1. The van der Waals surface area contributed by atoms with Crippen LogP contribution < -0.4 is 10.1 Å². The van der Waals surface area contributed by atoms with Crippen LogP contribution in [0.25, 0.3) is 10.9 Å². The number of esters is 1. The number of benzene rings is 2. The van der Waals surface area contributed by atoms with Gasteiger partial charge in [0.2, 0.25) is 0 Å². The number of anilines is 2. The van der Waals surface area contributed by atoms with E-state index in [1.807, 2.05) is 24.3 Å². The zero-order valence-electron chi connectivity index (χ0n) is 15.2. The number of H-pyrrole nitrogens is 1. The lowest BCUT2D eigenvalue weighted by Gasteiger charge is -2.12. The van der Waals surface area contributed by atoms with E-state index in [4.69, 9.17) is 9.47 Å². The highest BCUT2D eigenvalue weighted by Crippen LogP contribution is 2.37. The molecular weight excluding hydrogens is 350 g/mol. The second-order valence-corrected chi connectivity index (χ2v) is 5.89. The van der Waals surface area contributed by atoms with Crippen molar-refractivity contribution in [3.63, 3.8) is 0 Å². The standard InChI is InChI=1S/C19H19N3O5/c1-4-27-19(23)15-10-14-17(20-12-6-5-7-13(9-12)26-3)11(2)8-16(22(24)25)18(14)21-15/h5-10,20-21H,4H2,1-3H3. The van der Waals surface area contributed by atoms with Crippen LogP contribution in [-0.4, -0.2) is 29.6 Å². The molecule has 2 N–H and O–H groups in total. The maximum atomic E-state index is 12.1. The second kappa shape index (κ2) is 7.36. The Kier molecular flexibility index (Phi) is 4.98. The summed E-state index contributed by atoms with van der Waals surface area (Å²) in [4.78, 5) is 25.9. The van der Waals surface area contributed by atoms with Crippen LogP contribution >= 0.6 is 0 Å². The number of nitro benzene ring substituents is 1. The fraction of sp³-hybridized carbons (Fsp3) is 0.211. The zero-order chi connectivity index (χ0) is 19.6. The number of aromatic amines is 1. The van der Waals surface area contributed by atoms with E-state index in [9.17, 15) is 14.9 Å². The summed E-state index contributed by atoms with van der Waals surface area (Å²) in [6.45, 7) is 3.68. The van der Waals surface area contributed by atoms with Crippen LogP contribution in [0.5, 0.6) is 5.75 Å². The number of carbonyl (C=O) groups excluding carboxylic acids is 1. The predicted octanol–water partition coefficient (Wildman–Crippen LogP) is 4.31. The minimum atomic E-state index is -0.562. The topological polar surface area (TPSA) is 106 Å². The van der Waals surface area contributed by atoms with Gasteiger partial charge in [0.15, 0.2) is 0 Å². The summed E-state index contributed by atoms with van der Waals surface area (Å²) in [5.74, 6) is 0.116. The number of hydrogen-bond acceptors (Lipinski definition) is 6. The van der Waals surface area contributed by atoms with Crippen LogP contribution in [0.3, 0.4) is 0 Å². The van der Waals surface area contributed by atoms with E-state index < -0.39 is 10.9 Å². The summed E-state index contributed by atoms with van der Waals surface area (Å²) < 4.78 is 10.2. The van der Waals surface area contributed by atoms with Crippen molar-refractivity contribution in [2.75, 3.05) is 19.0 Å². The molecule has 0 aliphatic heterocycles. The Balaban J connectivity index is 2.16. The number of ether oxygens (including phenoxy) is 2. The number of nitro groups is 1. The van der Waals surface area contributed by atoms with Crippen molar-refractivity contribution >= 4 is 33.9 Å². The predicted molar refractivity (Wildman–Crippen MR) is 102 cm³/mol. The van der Waals surface area contributed by atoms with E-state index in [0.29, 0.717) is 22.4 Å². The van der Waals surface area contributed by atoms with Crippen molar-refractivity contribution in [1.29, 1.82) is 0 Å². The van der Waals surface area contributed by atoms with Gasteiger partial charge in [0.05, 0.1) is 24.3 Å². The molecule has 0 aliphatic rings. The van der Waals surface area contributed by atoms with Gasteiger partial charge in [-0.3, -0.25) is 10.1 Å². The van der Waals surface area contributed by atoms with Crippen LogP contribution in [0.1, 0.15) is 23.0 Å². The molecule has 0 aliphatic carbocycles. The molecule has 0 saturated carbocycles. The summed E-state index contributed by atoms with van der Waals surface area (Å²) in [6, 6.07) is 10.4. The third kappa shape index (κ3) is 3.55. The number of hydrogen-bond donors (Lipinski definition) is 2. The number of rotatable bonds is 6. The first-order valence-electron chi connectivity index (χ1n) is 8.33. The van der Waals surface area contributed by atoms with Crippen molar-refractivity contribution < 1.29 is 19.2 Å². The average molecular weight is 369 g/mol. The number of nitrogens with zero attached hydrogens (tertiary/aromatic N) is 1. The first kappa shape index (κ1) is 18.2. The van der Waals surface area contributed by atoms with Crippen LogP contribution in [0.2, 0.25) is 0 Å². The van der Waals surface area contributed by atoms with Gasteiger partial charge in [0.1, 0.15) is 17.0 Å². The van der Waals surface area contributed by atoms with Crippen LogP contribution in [0, 0.1) is 17.0 Å². The van der Waals surface area contributed by atoms with Gasteiger partial charge in [0, 0.05) is 23.2 Å². The normalized spacial score (nSPS) is 10.6. The maximum Gasteiger partial charge on any atom is 0.354 e. The highest BCUT2D eigenvalue weighted by Gasteiger charge is 2.22. The smallest absolute Gasteiger partial charge is 0.354 e. The molecule has 1 aromatic heterocycles. The quantitative estimate of drug-likeness (QED) is 0.381. The maximum absolute atomic E-state index is 12.1. The molecule has 27 heavy (non-hydrogen) atoms. The van der Waals surface area contributed by atoms with Crippen molar-refractivity contribution in [1.82, 2.24) is 4.98 Å². The Hall–Kier alpha value is -3.55. The number of methoxy groups -OCH3 is 1. The number of nitrogens with one attached hydrogen (secondary N) is 2. The third-order valence-corrected chi connectivity index (χ3v) is 4.12. The number of carbonyl (C=O) groups is 1. The summed E-state index contributed by atoms with van der Waals surface area (Å²) >= 11 is 0. The molecule has 0 atom stereocenters. The van der Waals surface area contributed by atoms with E-state index in [1.165, 1.54) is 6.07 Å². The molecule has 2 aromatic carbocycles. The van der Waals surface area contributed by atoms with Gasteiger partial charge in [-0.1, -0.05) is 6.07 Å². The van der Waals surface area contributed by atoms with Crippen molar-refractivity contribution in [3.8, 4) is 5.75 Å². The van der Waals surface area contributed by atoms with Crippen molar-refractivity contribution in [3.05, 3.63) is 57.8 Å². The van der Waals surface area contributed by atoms with Crippen LogP contribution in [0.15, 0.2) is 36.4 Å². The highest BCUT2D eigenvalue weighted by molar-refractivity contribution is 6.05. The van der Waals surface area contributed by atoms with E-state index >= 15 is 0 Å². The Labute approximate surface area is 155 Å². The van der Waals surface area contributed by atoms with Gasteiger partial charge in [-0.05, 0) is 37.6 Å². The zero-order valence-corrected chi connectivity index (χ0v) is 15.2. The summed E-state index contributed by atoms with van der Waals surface area (Å²) in [5.41, 5.74) is 2.41. The molecule has 3 rings (SSSR count). The number of fused-ring (bicyclic) bond motifs is 1. The third-order valence-electron chi connectivity index (χ3n) is 4.12. The van der Waals surface area contributed by atoms with E-state index in [1.54, 1.807) is 27.0 Å². The fourth-order valence-corrected chi connectivity index (χ4v) is 2.89. The first-order valence-corrected chi connectivity index (χ1v) is 8.33. The molecule has 0 fully saturated rings. The Bertz CT molecular complexity index is 1030. The van der Waals surface area contributed by atoms with Gasteiger partial charge < -0.3 is 19.8 Å². The highest BCUT2D eigenvalue weighted by atomic mass is 16.6. The molecule has 0 amide bonds. The van der Waals surface area contributed by atoms with Gasteiger partial charge in [0.25, 0.3) is 5.69 Å². The first-order chi connectivity index (χ1) is 12.9. The molecular formula is C19H19N3O5. The lowest BCUT2D eigenvalue weighted by Crippen LogP contribution is -2.04. The lowest BCUT2D eigenvalue weighted by molar-refractivity contribution is -0.383. The number of aryl methyl sites for hydroxylation is 1.